The van der Waals surface area contributed by atoms with Gasteiger partial charge in [-0.3, -0.25) is 9.59 Å². The lowest BCUT2D eigenvalue weighted by Gasteiger charge is -2.23. The molecule has 6 nitrogen and oxygen atoms in total. The number of ether oxygens (including phenoxy) is 3. The maximum atomic E-state index is 14.8. The fraction of sp³-hybridized carbons (Fsp3) is 0.130. The molecule has 0 aliphatic carbocycles. The summed E-state index contributed by atoms with van der Waals surface area (Å²) in [5.74, 6) is -0.0837. The Bertz CT molecular complexity index is 1250. The second kappa shape index (κ2) is 10.3. The second-order valence-electron chi connectivity index (χ2n) is 6.66. The van der Waals surface area contributed by atoms with Gasteiger partial charge in [0, 0.05) is 5.56 Å². The zero-order valence-corrected chi connectivity index (χ0v) is 21.7. The van der Waals surface area contributed by atoms with Crippen LogP contribution < -0.4 is 19.5 Å². The molecule has 3 rings (SSSR count). The quantitative estimate of drug-likeness (QED) is 0.289. The maximum absolute atomic E-state index is 14.8. The minimum Gasteiger partial charge on any atom is -0.496 e. The molecule has 3 aromatic carbocycles. The van der Waals surface area contributed by atoms with E-state index in [-0.39, 0.29) is 48.2 Å². The molecule has 0 aliphatic rings. The minimum atomic E-state index is -4.73. The van der Waals surface area contributed by atoms with Gasteiger partial charge in [0.1, 0.15) is 16.8 Å². The van der Waals surface area contributed by atoms with E-state index in [0.717, 1.165) is 0 Å². The van der Waals surface area contributed by atoms with E-state index in [1.807, 2.05) is 0 Å². The summed E-state index contributed by atoms with van der Waals surface area (Å²) in [7, 11) is -0.795. The van der Waals surface area contributed by atoms with E-state index < -0.39 is 18.2 Å². The average molecular weight is 572 g/mol. The van der Waals surface area contributed by atoms with Crippen molar-refractivity contribution >= 4 is 62.6 Å². The molecule has 0 radical (unpaired) electrons. The maximum Gasteiger partial charge on any atom is 0.256 e. The highest BCUT2D eigenvalue weighted by atomic mass is 79.9. The first kappa shape index (κ1) is 25.3. The molecule has 0 spiro atoms. The second-order valence-corrected chi connectivity index (χ2v) is 10.8. The van der Waals surface area contributed by atoms with E-state index >= 15 is 0 Å². The number of benzene rings is 3. The van der Waals surface area contributed by atoms with E-state index in [9.17, 15) is 14.2 Å². The van der Waals surface area contributed by atoms with Crippen LogP contribution in [0.3, 0.4) is 0 Å². The van der Waals surface area contributed by atoms with Crippen molar-refractivity contribution in [3.63, 3.8) is 0 Å². The number of hydrogen-bond donors (Lipinski definition) is 0. The lowest BCUT2D eigenvalue weighted by atomic mass is 10.2. The van der Waals surface area contributed by atoms with Crippen LogP contribution in [-0.2, 0) is 4.57 Å². The third-order valence-corrected chi connectivity index (χ3v) is 8.69. The fourth-order valence-corrected chi connectivity index (χ4v) is 7.53. The van der Waals surface area contributed by atoms with E-state index in [0.29, 0.717) is 0 Å². The number of hydrogen-bond acceptors (Lipinski definition) is 6. The van der Waals surface area contributed by atoms with Crippen LogP contribution in [0.4, 0.5) is 0 Å². The van der Waals surface area contributed by atoms with Crippen LogP contribution in [0, 0.1) is 0 Å². The van der Waals surface area contributed by atoms with Crippen LogP contribution in [0.2, 0.25) is 10.0 Å². The lowest BCUT2D eigenvalue weighted by Crippen LogP contribution is -2.24. The molecule has 0 N–H and O–H groups in total. The van der Waals surface area contributed by atoms with Gasteiger partial charge in [0.15, 0.2) is 5.75 Å². The number of halogens is 3. The van der Waals surface area contributed by atoms with Crippen molar-refractivity contribution in [2.75, 3.05) is 21.3 Å². The monoisotopic (exact) mass is 570 g/mol. The summed E-state index contributed by atoms with van der Waals surface area (Å²) in [6.45, 7) is 0. The minimum absolute atomic E-state index is 0.0248. The molecule has 0 amide bonds. The number of methoxy groups -OCH3 is 3. The zero-order chi connectivity index (χ0) is 24.3. The van der Waals surface area contributed by atoms with Crippen molar-refractivity contribution in [1.29, 1.82) is 0 Å². The van der Waals surface area contributed by atoms with Gasteiger partial charge >= 0.3 is 0 Å². The van der Waals surface area contributed by atoms with Gasteiger partial charge < -0.3 is 18.8 Å². The SMILES string of the molecule is COc1cccc(Cl)c1C(=O)P(=O)(C(=O)c1ccccc1)c1c(OC)c(Cl)cc(Br)c1OC. The summed E-state index contributed by atoms with van der Waals surface area (Å²) in [6.07, 6.45) is 0. The van der Waals surface area contributed by atoms with Gasteiger partial charge in [0.05, 0.1) is 41.4 Å². The molecular weight excluding hydrogens is 554 g/mol. The molecule has 0 heterocycles. The molecule has 0 saturated carbocycles. The largest absolute Gasteiger partial charge is 0.496 e. The van der Waals surface area contributed by atoms with Crippen molar-refractivity contribution in [3.05, 3.63) is 80.2 Å². The van der Waals surface area contributed by atoms with E-state index in [1.165, 1.54) is 51.7 Å². The van der Waals surface area contributed by atoms with Crippen molar-refractivity contribution in [2.45, 2.75) is 0 Å². The Morgan fingerprint density at radius 2 is 1.45 bits per heavy atom. The average Bonchev–Trinajstić information content (AvgIpc) is 2.82. The molecule has 1 unspecified atom stereocenters. The van der Waals surface area contributed by atoms with Gasteiger partial charge in [-0.1, -0.05) is 59.6 Å². The normalized spacial score (nSPS) is 12.5. The highest BCUT2D eigenvalue weighted by Gasteiger charge is 2.49. The van der Waals surface area contributed by atoms with Gasteiger partial charge in [-0.25, -0.2) is 0 Å². The third-order valence-electron chi connectivity index (χ3n) is 4.84. The van der Waals surface area contributed by atoms with E-state index in [2.05, 4.69) is 15.9 Å². The highest BCUT2D eigenvalue weighted by molar-refractivity contribution is 9.10. The summed E-state index contributed by atoms with van der Waals surface area (Å²) in [4.78, 5) is 27.8. The van der Waals surface area contributed by atoms with Gasteiger partial charge in [0.25, 0.3) is 7.14 Å². The lowest BCUT2D eigenvalue weighted by molar-refractivity contribution is 0.103. The van der Waals surface area contributed by atoms with Gasteiger partial charge in [-0.2, -0.15) is 0 Å². The molecule has 0 bridgehead atoms. The predicted octanol–water partition coefficient (Wildman–Crippen LogP) is 6.45. The molecular formula is C23H18BrCl2O6P. The summed E-state index contributed by atoms with van der Waals surface area (Å²) in [6, 6.07) is 13.8. The first-order valence-corrected chi connectivity index (χ1v) is 12.7. The Labute approximate surface area is 209 Å². The first-order chi connectivity index (χ1) is 15.7. The summed E-state index contributed by atoms with van der Waals surface area (Å²) in [5.41, 5.74) is -2.11. The molecule has 33 heavy (non-hydrogen) atoms. The molecule has 10 heteroatoms. The van der Waals surface area contributed by atoms with Crippen LogP contribution in [0.25, 0.3) is 0 Å². The molecule has 3 aromatic rings. The Morgan fingerprint density at radius 1 is 0.818 bits per heavy atom. The standard InChI is InChI=1S/C23H18BrCl2O6P/c1-30-17-11-7-10-15(25)18(17)23(28)33(29,22(27)13-8-5-4-6-9-13)21-19(31-2)14(24)12-16(26)20(21)32-3/h4-12H,1-3H3. The van der Waals surface area contributed by atoms with Crippen molar-refractivity contribution < 1.29 is 28.4 Å². The van der Waals surface area contributed by atoms with Gasteiger partial charge in [-0.05, 0) is 34.1 Å². The predicted molar refractivity (Wildman–Crippen MR) is 133 cm³/mol. The van der Waals surface area contributed by atoms with Crippen LogP contribution in [0.1, 0.15) is 20.7 Å². The summed E-state index contributed by atoms with van der Waals surface area (Å²) < 4.78 is 31.3. The number of rotatable bonds is 8. The molecule has 0 aromatic heterocycles. The summed E-state index contributed by atoms with van der Waals surface area (Å²) >= 11 is 16.0. The van der Waals surface area contributed by atoms with Crippen LogP contribution in [-0.4, -0.2) is 32.4 Å². The van der Waals surface area contributed by atoms with Gasteiger partial charge in [0.2, 0.25) is 11.0 Å². The van der Waals surface area contributed by atoms with Crippen molar-refractivity contribution in [2.24, 2.45) is 0 Å². The van der Waals surface area contributed by atoms with Crippen molar-refractivity contribution in [1.82, 2.24) is 0 Å². The van der Waals surface area contributed by atoms with Crippen LogP contribution in [0.5, 0.6) is 17.2 Å². The number of carbonyl (C=O) groups excluding carboxylic acids is 2. The molecule has 1 atom stereocenters. The Balaban J connectivity index is 2.48. The zero-order valence-electron chi connectivity index (χ0n) is 17.7. The van der Waals surface area contributed by atoms with E-state index in [4.69, 9.17) is 37.4 Å². The molecule has 0 saturated heterocycles. The summed E-state index contributed by atoms with van der Waals surface area (Å²) in [5, 5.41) is -0.271. The smallest absolute Gasteiger partial charge is 0.256 e. The topological polar surface area (TPSA) is 78.9 Å². The van der Waals surface area contributed by atoms with Crippen LogP contribution >= 0.6 is 46.3 Å². The van der Waals surface area contributed by atoms with Crippen molar-refractivity contribution in [3.8, 4) is 17.2 Å². The Morgan fingerprint density at radius 3 is 2.03 bits per heavy atom. The molecule has 172 valence electrons. The molecule has 0 fully saturated rings. The van der Waals surface area contributed by atoms with Crippen LogP contribution in [0.15, 0.2) is 59.1 Å². The van der Waals surface area contributed by atoms with Gasteiger partial charge in [-0.15, -0.1) is 0 Å². The third kappa shape index (κ3) is 4.43. The van der Waals surface area contributed by atoms with E-state index in [1.54, 1.807) is 24.3 Å². The Hall–Kier alpha value is -2.31. The Kier molecular flexibility index (Phi) is 7.91. The number of carbonyl (C=O) groups is 2. The highest BCUT2D eigenvalue weighted by Crippen LogP contribution is 2.58. The first-order valence-electron chi connectivity index (χ1n) is 9.40. The fourth-order valence-electron chi connectivity index (χ4n) is 3.34. The molecule has 0 aliphatic heterocycles.